The first-order chi connectivity index (χ1) is 4.68. The predicted octanol–water partition coefficient (Wildman–Crippen LogP) is 0.690. The smallest absolute Gasteiger partial charge is 0.104 e. The van der Waals surface area contributed by atoms with Crippen molar-refractivity contribution in [2.75, 3.05) is 19.5 Å². The topological polar surface area (TPSA) is 59.1 Å². The minimum Gasteiger partial charge on any atom is -0.387 e. The first kappa shape index (κ1) is 9.78. The van der Waals surface area contributed by atoms with Crippen LogP contribution in [0.4, 0.5) is 0 Å². The van der Waals surface area contributed by atoms with Gasteiger partial charge in [0, 0.05) is 12.9 Å². The van der Waals surface area contributed by atoms with Crippen molar-refractivity contribution in [1.82, 2.24) is 0 Å². The number of nitrogens with one attached hydrogen (secondary N) is 1. The number of ether oxygens (including phenoxy) is 1. The van der Waals surface area contributed by atoms with Gasteiger partial charge >= 0.3 is 0 Å². The molecule has 3 N–H and O–H groups in total. The Morgan fingerprint density at radius 3 is 2.80 bits per heavy atom. The summed E-state index contributed by atoms with van der Waals surface area (Å²) in [4.78, 5) is 0. The SMILES string of the molecule is COCCSC(C)C(=N)N. The van der Waals surface area contributed by atoms with Crippen LogP contribution in [0.5, 0.6) is 0 Å². The summed E-state index contributed by atoms with van der Waals surface area (Å²) in [5.74, 6) is 1.14. The van der Waals surface area contributed by atoms with Crippen LogP contribution in [0.2, 0.25) is 0 Å². The van der Waals surface area contributed by atoms with Gasteiger partial charge in [-0.25, -0.2) is 0 Å². The molecule has 1 unspecified atom stereocenters. The second kappa shape index (κ2) is 5.56. The van der Waals surface area contributed by atoms with E-state index in [-0.39, 0.29) is 11.1 Å². The molecule has 0 saturated carbocycles. The fourth-order valence-electron chi connectivity index (χ4n) is 0.398. The molecule has 0 amide bonds. The molecule has 0 aromatic heterocycles. The molecule has 1 atom stereocenters. The number of methoxy groups -OCH3 is 1. The highest BCUT2D eigenvalue weighted by Gasteiger charge is 2.03. The van der Waals surface area contributed by atoms with E-state index in [1.807, 2.05) is 6.92 Å². The molecule has 0 radical (unpaired) electrons. The molecule has 0 aromatic rings. The Kier molecular flexibility index (Phi) is 5.43. The van der Waals surface area contributed by atoms with Gasteiger partial charge in [0.25, 0.3) is 0 Å². The average Bonchev–Trinajstić information content (AvgIpc) is 1.88. The summed E-state index contributed by atoms with van der Waals surface area (Å²) in [6.07, 6.45) is 0. The molecule has 3 nitrogen and oxygen atoms in total. The molecule has 0 fully saturated rings. The summed E-state index contributed by atoms with van der Waals surface area (Å²) in [7, 11) is 1.67. The van der Waals surface area contributed by atoms with E-state index >= 15 is 0 Å². The Bertz CT molecular complexity index is 108. The van der Waals surface area contributed by atoms with Crippen LogP contribution in [-0.2, 0) is 4.74 Å². The lowest BCUT2D eigenvalue weighted by atomic mass is 10.4. The minimum absolute atomic E-state index is 0.121. The van der Waals surface area contributed by atoms with Crippen molar-refractivity contribution in [3.8, 4) is 0 Å². The highest BCUT2D eigenvalue weighted by molar-refractivity contribution is 8.00. The number of hydrogen-bond donors (Lipinski definition) is 2. The molecule has 0 aliphatic heterocycles. The van der Waals surface area contributed by atoms with Gasteiger partial charge in [0.05, 0.1) is 11.9 Å². The molecule has 0 aromatic carbocycles. The fourth-order valence-corrected chi connectivity index (χ4v) is 1.19. The number of hydrogen-bond acceptors (Lipinski definition) is 3. The summed E-state index contributed by atoms with van der Waals surface area (Å²) in [5, 5.41) is 7.17. The van der Waals surface area contributed by atoms with Gasteiger partial charge in [0.2, 0.25) is 0 Å². The van der Waals surface area contributed by atoms with E-state index in [1.165, 1.54) is 0 Å². The van der Waals surface area contributed by atoms with E-state index in [1.54, 1.807) is 18.9 Å². The lowest BCUT2D eigenvalue weighted by Gasteiger charge is -2.07. The zero-order valence-corrected chi connectivity index (χ0v) is 7.20. The van der Waals surface area contributed by atoms with Gasteiger partial charge in [-0.3, -0.25) is 5.41 Å². The van der Waals surface area contributed by atoms with E-state index < -0.39 is 0 Å². The second-order valence-electron chi connectivity index (χ2n) is 1.96. The standard InChI is InChI=1S/C6H14N2OS/c1-5(6(7)8)10-4-3-9-2/h5H,3-4H2,1-2H3,(H3,7,8). The van der Waals surface area contributed by atoms with Gasteiger partial charge in [-0.05, 0) is 6.92 Å². The van der Waals surface area contributed by atoms with Gasteiger partial charge in [-0.1, -0.05) is 0 Å². The van der Waals surface area contributed by atoms with E-state index in [9.17, 15) is 0 Å². The van der Waals surface area contributed by atoms with Crippen LogP contribution < -0.4 is 5.73 Å². The van der Waals surface area contributed by atoms with E-state index in [2.05, 4.69) is 0 Å². The van der Waals surface area contributed by atoms with Crippen molar-refractivity contribution in [2.24, 2.45) is 5.73 Å². The van der Waals surface area contributed by atoms with Crippen LogP contribution in [0.25, 0.3) is 0 Å². The Labute approximate surface area is 65.8 Å². The van der Waals surface area contributed by atoms with Crippen molar-refractivity contribution >= 4 is 17.6 Å². The zero-order valence-electron chi connectivity index (χ0n) is 6.39. The first-order valence-corrected chi connectivity index (χ1v) is 4.17. The largest absolute Gasteiger partial charge is 0.387 e. The number of rotatable bonds is 5. The fraction of sp³-hybridized carbons (Fsp3) is 0.833. The number of nitrogens with two attached hydrogens (primary N) is 1. The van der Waals surface area contributed by atoms with Crippen LogP contribution in [0, 0.1) is 5.41 Å². The van der Waals surface area contributed by atoms with Crippen LogP contribution in [0.3, 0.4) is 0 Å². The van der Waals surface area contributed by atoms with Crippen LogP contribution in [-0.4, -0.2) is 30.6 Å². The highest BCUT2D eigenvalue weighted by atomic mass is 32.2. The van der Waals surface area contributed by atoms with E-state index in [4.69, 9.17) is 15.9 Å². The average molecular weight is 162 g/mol. The zero-order chi connectivity index (χ0) is 7.98. The number of thioether (sulfide) groups is 1. The summed E-state index contributed by atoms with van der Waals surface area (Å²) >= 11 is 1.63. The summed E-state index contributed by atoms with van der Waals surface area (Å²) < 4.78 is 4.84. The summed E-state index contributed by atoms with van der Waals surface area (Å²) in [5.41, 5.74) is 5.24. The highest BCUT2D eigenvalue weighted by Crippen LogP contribution is 2.08. The Hall–Kier alpha value is -0.220. The van der Waals surface area contributed by atoms with Crippen molar-refractivity contribution < 1.29 is 4.74 Å². The summed E-state index contributed by atoms with van der Waals surface area (Å²) in [6, 6.07) is 0. The molecule has 10 heavy (non-hydrogen) atoms. The van der Waals surface area contributed by atoms with Gasteiger partial charge in [0.1, 0.15) is 5.84 Å². The lowest BCUT2D eigenvalue weighted by molar-refractivity contribution is 0.218. The van der Waals surface area contributed by atoms with Crippen LogP contribution in [0.15, 0.2) is 0 Å². The maximum absolute atomic E-state index is 7.05. The maximum Gasteiger partial charge on any atom is 0.104 e. The van der Waals surface area contributed by atoms with Crippen LogP contribution >= 0.6 is 11.8 Å². The molecule has 0 aliphatic carbocycles. The van der Waals surface area contributed by atoms with Gasteiger partial charge in [-0.2, -0.15) is 0 Å². The molecule has 4 heteroatoms. The van der Waals surface area contributed by atoms with Crippen molar-refractivity contribution in [1.29, 1.82) is 5.41 Å². The normalized spacial score (nSPS) is 13.0. The quantitative estimate of drug-likeness (QED) is 0.355. The molecular formula is C6H14N2OS. The molecular weight excluding hydrogens is 148 g/mol. The van der Waals surface area contributed by atoms with Crippen molar-refractivity contribution in [3.63, 3.8) is 0 Å². The Morgan fingerprint density at radius 2 is 2.40 bits per heavy atom. The summed E-state index contributed by atoms with van der Waals surface area (Å²) in [6.45, 7) is 2.64. The Morgan fingerprint density at radius 1 is 1.80 bits per heavy atom. The monoisotopic (exact) mass is 162 g/mol. The predicted molar refractivity (Wildman–Crippen MR) is 45.7 cm³/mol. The molecule has 0 heterocycles. The van der Waals surface area contributed by atoms with Gasteiger partial charge in [-0.15, -0.1) is 11.8 Å². The van der Waals surface area contributed by atoms with E-state index in [0.29, 0.717) is 0 Å². The van der Waals surface area contributed by atoms with E-state index in [0.717, 1.165) is 12.4 Å². The molecule has 0 bridgehead atoms. The van der Waals surface area contributed by atoms with Gasteiger partial charge < -0.3 is 10.5 Å². The third-order valence-corrected chi connectivity index (χ3v) is 2.25. The minimum atomic E-state index is 0.121. The lowest BCUT2D eigenvalue weighted by Crippen LogP contribution is -2.22. The van der Waals surface area contributed by atoms with Crippen molar-refractivity contribution in [3.05, 3.63) is 0 Å². The third-order valence-electron chi connectivity index (χ3n) is 1.09. The second-order valence-corrected chi connectivity index (χ2v) is 3.41. The third kappa shape index (κ3) is 4.64. The first-order valence-electron chi connectivity index (χ1n) is 3.13. The van der Waals surface area contributed by atoms with Gasteiger partial charge in [0.15, 0.2) is 0 Å². The molecule has 0 saturated heterocycles. The molecule has 0 rings (SSSR count). The van der Waals surface area contributed by atoms with Crippen LogP contribution in [0.1, 0.15) is 6.92 Å². The maximum atomic E-state index is 7.05. The number of amidine groups is 1. The molecule has 60 valence electrons. The molecule has 0 aliphatic rings. The molecule has 0 spiro atoms. The van der Waals surface area contributed by atoms with Crippen molar-refractivity contribution in [2.45, 2.75) is 12.2 Å². The Balaban J connectivity index is 3.21.